The molecule has 14 nitrogen and oxygen atoms in total. The van der Waals surface area contributed by atoms with Crippen LogP contribution in [0.25, 0.3) is 0 Å². The maximum absolute atomic E-state index is 14.1. The van der Waals surface area contributed by atoms with Crippen LogP contribution in [0.5, 0.6) is 0 Å². The molecule has 0 spiro atoms. The number of rotatable bonds is 26. The molecular weight excluding hydrogens is 897 g/mol. The van der Waals surface area contributed by atoms with Crippen molar-refractivity contribution < 1.29 is 66.4 Å². The van der Waals surface area contributed by atoms with Crippen molar-refractivity contribution in [2.24, 2.45) is 0 Å². The van der Waals surface area contributed by atoms with E-state index in [2.05, 4.69) is 6.58 Å². The summed E-state index contributed by atoms with van der Waals surface area (Å²) in [5.41, 5.74) is 4.14. The van der Waals surface area contributed by atoms with Crippen molar-refractivity contribution in [3.63, 3.8) is 0 Å². The number of methoxy groups -OCH3 is 1. The van der Waals surface area contributed by atoms with Crippen LogP contribution < -0.4 is 0 Å². The summed E-state index contributed by atoms with van der Waals surface area (Å²) in [4.78, 5) is 26.6. The first-order valence-corrected chi connectivity index (χ1v) is 23.7. The quantitative estimate of drug-likeness (QED) is 0.0387. The molecule has 0 aliphatic carbocycles. The third-order valence-corrected chi connectivity index (χ3v) is 11.7. The number of hydrogen-bond donors (Lipinski definition) is 0. The van der Waals surface area contributed by atoms with E-state index in [-0.39, 0.29) is 52.9 Å². The van der Waals surface area contributed by atoms with Crippen LogP contribution in [0.3, 0.4) is 0 Å². The summed E-state index contributed by atoms with van der Waals surface area (Å²) < 4.78 is 78.8. The van der Waals surface area contributed by atoms with Gasteiger partial charge in [0, 0.05) is 14.0 Å². The predicted octanol–water partition coefficient (Wildman–Crippen LogP) is 8.26. The van der Waals surface area contributed by atoms with E-state index < -0.39 is 79.5 Å². The minimum Gasteiger partial charge on any atom is -0.464 e. The molecule has 372 valence electrons. The first-order valence-electron chi connectivity index (χ1n) is 23.7. The lowest BCUT2D eigenvalue weighted by atomic mass is 9.95. The number of hydrogen-bond acceptors (Lipinski definition) is 14. The molecule has 2 heterocycles. The lowest BCUT2D eigenvalue weighted by Crippen LogP contribution is -2.66. The highest BCUT2D eigenvalue weighted by Gasteiger charge is 2.55. The zero-order valence-electron chi connectivity index (χ0n) is 39.9. The molecule has 0 saturated carbocycles. The van der Waals surface area contributed by atoms with E-state index in [4.69, 9.17) is 56.8 Å². The Kier molecular flexibility index (Phi) is 20.7. The maximum Gasteiger partial charge on any atom is 0.339 e. The van der Waals surface area contributed by atoms with Crippen molar-refractivity contribution >= 4 is 11.9 Å². The minimum atomic E-state index is -1.39. The summed E-state index contributed by atoms with van der Waals surface area (Å²) in [5, 5.41) is 0. The number of benzene rings is 5. The number of carbonyl (C=O) groups is 2. The highest BCUT2D eigenvalue weighted by atomic mass is 16.8. The normalized spacial score (nSPS) is 24.8. The minimum absolute atomic E-state index is 0.0137. The van der Waals surface area contributed by atoms with Gasteiger partial charge in [-0.3, -0.25) is 4.79 Å². The second-order valence-electron chi connectivity index (χ2n) is 16.7. The van der Waals surface area contributed by atoms with Gasteiger partial charge in [0.25, 0.3) is 0 Å². The van der Waals surface area contributed by atoms with E-state index in [1.807, 2.05) is 127 Å². The Morgan fingerprint density at radius 2 is 1.03 bits per heavy atom. The third-order valence-electron chi connectivity index (χ3n) is 11.7. The topological polar surface area (TPSA) is 145 Å². The molecule has 2 aliphatic heterocycles. The lowest BCUT2D eigenvalue weighted by molar-refractivity contribution is -0.376. The maximum atomic E-state index is 14.1. The van der Waals surface area contributed by atoms with Gasteiger partial charge in [0.1, 0.15) is 55.4 Å². The van der Waals surface area contributed by atoms with Gasteiger partial charge in [0.05, 0.1) is 46.2 Å². The Bertz CT molecular complexity index is 2270. The standard InChI is InChI=1S/C56H64O14/c1-5-32-62-50-48(64-34-41-24-14-8-15-25-41)46(38-63-39(3)57)68-56(53(50)69-47(54(58)61-6-2)44-30-20-11-21-31-44)70-49-45(37-60-33-40-22-12-7-13-23-40)67-55(59-4)52(66-36-43-28-18-10-19-29-43)51(49)65-35-42-26-16-9-17-27-42/h5,7-31,45-53,55-56H,1,6,32-38H2,2-4H3/t45-,46-,47-,48-,49-,50+,51+,52-,53-,55+,56-/m1/s1. The summed E-state index contributed by atoms with van der Waals surface area (Å²) >= 11 is 0. The van der Waals surface area contributed by atoms with Gasteiger partial charge in [-0.15, -0.1) is 6.58 Å². The van der Waals surface area contributed by atoms with E-state index in [9.17, 15) is 9.59 Å². The first kappa shape index (κ1) is 52.2. The van der Waals surface area contributed by atoms with Crippen molar-refractivity contribution in [1.29, 1.82) is 0 Å². The second-order valence-corrected chi connectivity index (χ2v) is 16.7. The van der Waals surface area contributed by atoms with Gasteiger partial charge in [-0.1, -0.05) is 158 Å². The summed E-state index contributed by atoms with van der Waals surface area (Å²) in [6.45, 7) is 7.60. The fraction of sp³-hybridized carbons (Fsp3) is 0.393. The van der Waals surface area contributed by atoms with Gasteiger partial charge in [-0.05, 0) is 34.7 Å². The molecule has 11 atom stereocenters. The highest BCUT2D eigenvalue weighted by Crippen LogP contribution is 2.38. The molecule has 0 aromatic heterocycles. The van der Waals surface area contributed by atoms with Crippen molar-refractivity contribution in [2.45, 2.75) is 108 Å². The number of ether oxygens (including phenoxy) is 12. The zero-order valence-corrected chi connectivity index (χ0v) is 39.9. The summed E-state index contributed by atoms with van der Waals surface area (Å²) in [7, 11) is 1.55. The highest BCUT2D eigenvalue weighted by molar-refractivity contribution is 5.76. The van der Waals surface area contributed by atoms with Crippen LogP contribution in [-0.2, 0) is 92.9 Å². The molecule has 0 radical (unpaired) electrons. The molecule has 2 fully saturated rings. The third kappa shape index (κ3) is 15.0. The van der Waals surface area contributed by atoms with Crippen LogP contribution in [-0.4, -0.2) is 107 Å². The van der Waals surface area contributed by atoms with E-state index in [1.54, 1.807) is 44.4 Å². The Morgan fingerprint density at radius 1 is 0.557 bits per heavy atom. The molecule has 0 unspecified atom stereocenters. The average molecular weight is 961 g/mol. The zero-order chi connectivity index (χ0) is 48.9. The Morgan fingerprint density at radius 3 is 1.54 bits per heavy atom. The Labute approximate surface area is 410 Å². The smallest absolute Gasteiger partial charge is 0.339 e. The molecule has 14 heteroatoms. The van der Waals surface area contributed by atoms with Crippen LogP contribution in [0.15, 0.2) is 164 Å². The van der Waals surface area contributed by atoms with Gasteiger partial charge < -0.3 is 56.8 Å². The summed E-state index contributed by atoms with van der Waals surface area (Å²) in [6, 6.07) is 47.8. The number of esters is 2. The van der Waals surface area contributed by atoms with Gasteiger partial charge in [-0.25, -0.2) is 4.79 Å². The molecule has 5 aromatic rings. The van der Waals surface area contributed by atoms with Gasteiger partial charge in [-0.2, -0.15) is 0 Å². The molecule has 2 saturated heterocycles. The van der Waals surface area contributed by atoms with Crippen LogP contribution in [0.4, 0.5) is 0 Å². The first-order chi connectivity index (χ1) is 34.3. The van der Waals surface area contributed by atoms with Gasteiger partial charge in [0.2, 0.25) is 0 Å². The van der Waals surface area contributed by atoms with Crippen molar-refractivity contribution in [3.05, 3.63) is 192 Å². The molecule has 0 N–H and O–H groups in total. The molecule has 7 rings (SSSR count). The van der Waals surface area contributed by atoms with E-state index in [0.29, 0.717) is 5.56 Å². The Balaban J connectivity index is 1.33. The Hall–Kier alpha value is -5.62. The molecular formula is C56H64O14. The molecule has 5 aromatic carbocycles. The van der Waals surface area contributed by atoms with Crippen LogP contribution in [0.1, 0.15) is 47.8 Å². The predicted molar refractivity (Wildman–Crippen MR) is 258 cm³/mol. The summed E-state index contributed by atoms with van der Waals surface area (Å²) in [6.07, 6.45) is -9.99. The van der Waals surface area contributed by atoms with E-state index in [0.717, 1.165) is 22.3 Å². The largest absolute Gasteiger partial charge is 0.464 e. The molecule has 0 bridgehead atoms. The van der Waals surface area contributed by atoms with Gasteiger partial charge in [0.15, 0.2) is 18.7 Å². The summed E-state index contributed by atoms with van der Waals surface area (Å²) in [5.74, 6) is -1.18. The van der Waals surface area contributed by atoms with Crippen LogP contribution in [0.2, 0.25) is 0 Å². The van der Waals surface area contributed by atoms with Gasteiger partial charge >= 0.3 is 11.9 Å². The second kappa shape index (κ2) is 27.7. The number of carbonyl (C=O) groups excluding carboxylic acids is 2. The van der Waals surface area contributed by atoms with Crippen molar-refractivity contribution in [1.82, 2.24) is 0 Å². The van der Waals surface area contributed by atoms with E-state index in [1.165, 1.54) is 6.92 Å². The van der Waals surface area contributed by atoms with Crippen molar-refractivity contribution in [3.8, 4) is 0 Å². The van der Waals surface area contributed by atoms with E-state index >= 15 is 0 Å². The van der Waals surface area contributed by atoms with Crippen LogP contribution in [0, 0.1) is 0 Å². The average Bonchev–Trinajstić information content (AvgIpc) is 3.39. The lowest BCUT2D eigenvalue weighted by Gasteiger charge is -2.50. The molecule has 70 heavy (non-hydrogen) atoms. The fourth-order valence-electron chi connectivity index (χ4n) is 8.36. The van der Waals surface area contributed by atoms with Crippen LogP contribution >= 0.6 is 0 Å². The molecule has 0 amide bonds. The molecule has 2 aliphatic rings. The van der Waals surface area contributed by atoms with Crippen molar-refractivity contribution in [2.75, 3.05) is 33.5 Å². The monoisotopic (exact) mass is 960 g/mol. The SMILES string of the molecule is C=CCO[C@@H]1[C@@H](O[C@@H](C(=O)OCC)c2ccccc2)[C@@H](O[C@H]2[C@H](OCc3ccccc3)[C@@H](OCc3ccccc3)[C@@H](OC)O[C@@H]2COCc2ccccc2)O[C@H](COC(C)=O)[C@H]1OCc1ccccc1. The fourth-order valence-corrected chi connectivity index (χ4v) is 8.36.